The number of benzene rings is 2. The maximum atomic E-state index is 13.6. The summed E-state index contributed by atoms with van der Waals surface area (Å²) in [6, 6.07) is 16.2. The zero-order valence-electron chi connectivity index (χ0n) is 23.9. The summed E-state index contributed by atoms with van der Waals surface area (Å²) in [6.07, 6.45) is 4.20. The summed E-state index contributed by atoms with van der Waals surface area (Å²) >= 11 is 0. The molecule has 2 heterocycles. The number of para-hydroxylation sites is 1. The number of ketones is 1. The van der Waals surface area contributed by atoms with Crippen LogP contribution in [0.5, 0.6) is 0 Å². The van der Waals surface area contributed by atoms with Gasteiger partial charge in [0.25, 0.3) is 0 Å². The van der Waals surface area contributed by atoms with E-state index in [9.17, 15) is 9.59 Å². The fraction of sp³-hybridized carbons (Fsp3) is 0.500. The minimum atomic E-state index is -0.00161. The normalized spacial score (nSPS) is 13.3. The largest absolute Gasteiger partial charge is 0.307 e. The van der Waals surface area contributed by atoms with Crippen LogP contribution in [-0.2, 0) is 22.7 Å². The van der Waals surface area contributed by atoms with Crippen LogP contribution in [-0.4, -0.2) is 26.7 Å². The SMILES string of the molecule is CC(C)(C)CCCC(=O)N1Cc2ccccc2-c2c(nnn2CCCC(=O)CC(C)(C)C)-c2ccccc21. The van der Waals surface area contributed by atoms with Gasteiger partial charge in [-0.1, -0.05) is 89.2 Å². The zero-order valence-corrected chi connectivity index (χ0v) is 23.9. The van der Waals surface area contributed by atoms with Crippen LogP contribution >= 0.6 is 0 Å². The number of carbonyl (C=O) groups is 2. The number of anilines is 1. The molecule has 1 amide bonds. The number of rotatable bonds is 8. The van der Waals surface area contributed by atoms with Gasteiger partial charge in [0, 0.05) is 36.9 Å². The molecule has 3 aromatic rings. The molecular weight excluding hydrogens is 472 g/mol. The summed E-state index contributed by atoms with van der Waals surface area (Å²) in [5.74, 6) is 0.413. The van der Waals surface area contributed by atoms with Crippen LogP contribution in [0.4, 0.5) is 5.69 Å². The lowest BCUT2D eigenvalue weighted by Gasteiger charge is -2.29. The molecule has 0 radical (unpaired) electrons. The maximum Gasteiger partial charge on any atom is 0.227 e. The van der Waals surface area contributed by atoms with Crippen molar-refractivity contribution in [2.24, 2.45) is 10.8 Å². The van der Waals surface area contributed by atoms with Gasteiger partial charge in [-0.2, -0.15) is 0 Å². The lowest BCUT2D eigenvalue weighted by atomic mass is 9.89. The van der Waals surface area contributed by atoms with Crippen molar-refractivity contribution in [3.63, 3.8) is 0 Å². The minimum Gasteiger partial charge on any atom is -0.307 e. The lowest BCUT2D eigenvalue weighted by molar-refractivity contribution is -0.121. The summed E-state index contributed by atoms with van der Waals surface area (Å²) in [5.41, 5.74) is 5.82. The highest BCUT2D eigenvalue weighted by atomic mass is 16.2. The van der Waals surface area contributed by atoms with Gasteiger partial charge in [0.15, 0.2) is 0 Å². The highest BCUT2D eigenvalue weighted by Gasteiger charge is 2.29. The van der Waals surface area contributed by atoms with Crippen LogP contribution in [0.3, 0.4) is 0 Å². The molecule has 2 aromatic carbocycles. The Morgan fingerprint density at radius 1 is 0.842 bits per heavy atom. The van der Waals surface area contributed by atoms with Crippen molar-refractivity contribution in [3.05, 3.63) is 54.1 Å². The number of hydrogen-bond acceptors (Lipinski definition) is 4. The van der Waals surface area contributed by atoms with Gasteiger partial charge in [0.1, 0.15) is 11.5 Å². The van der Waals surface area contributed by atoms with Gasteiger partial charge < -0.3 is 4.90 Å². The Bertz CT molecular complexity index is 1290. The summed E-state index contributed by atoms with van der Waals surface area (Å²) < 4.78 is 1.94. The first kappa shape index (κ1) is 27.7. The van der Waals surface area contributed by atoms with E-state index in [-0.39, 0.29) is 22.5 Å². The number of nitrogens with zero attached hydrogens (tertiary/aromatic N) is 4. The van der Waals surface area contributed by atoms with Crippen molar-refractivity contribution >= 4 is 17.4 Å². The van der Waals surface area contributed by atoms with Gasteiger partial charge in [-0.25, -0.2) is 4.68 Å². The van der Waals surface area contributed by atoms with Crippen LogP contribution in [0, 0.1) is 10.8 Å². The van der Waals surface area contributed by atoms with Crippen molar-refractivity contribution in [1.29, 1.82) is 0 Å². The standard InChI is InChI=1S/C32H42N4O2/c1-31(2,3)19-11-18-28(38)35-22-23-13-7-8-15-25(23)30-29(26-16-9-10-17-27(26)35)33-34-36(30)20-12-14-24(37)21-32(4,5)6/h7-10,13,15-17H,11-12,14,18-22H2,1-6H3. The first-order chi connectivity index (χ1) is 17.9. The summed E-state index contributed by atoms with van der Waals surface area (Å²) in [5, 5.41) is 9.18. The second kappa shape index (κ2) is 11.2. The molecule has 0 saturated heterocycles. The van der Waals surface area contributed by atoms with Gasteiger partial charge in [0.2, 0.25) is 5.91 Å². The molecule has 1 aliphatic rings. The number of Topliss-reactive ketones (excluding diaryl/α,β-unsaturated/α-hetero) is 1. The Hall–Kier alpha value is -3.28. The fourth-order valence-corrected chi connectivity index (χ4v) is 5.20. The van der Waals surface area contributed by atoms with E-state index in [1.165, 1.54) is 0 Å². The van der Waals surface area contributed by atoms with Crippen LogP contribution in [0.25, 0.3) is 22.5 Å². The Morgan fingerprint density at radius 3 is 2.24 bits per heavy atom. The van der Waals surface area contributed by atoms with Gasteiger partial charge in [-0.05, 0) is 41.7 Å². The average Bonchev–Trinajstić information content (AvgIpc) is 3.22. The molecule has 1 aliphatic heterocycles. The van der Waals surface area contributed by atoms with E-state index in [0.717, 1.165) is 46.6 Å². The molecule has 0 fully saturated rings. The smallest absolute Gasteiger partial charge is 0.227 e. The van der Waals surface area contributed by atoms with Crippen LogP contribution in [0.1, 0.15) is 85.6 Å². The third-order valence-corrected chi connectivity index (χ3v) is 6.96. The van der Waals surface area contributed by atoms with E-state index in [1.807, 2.05) is 46.0 Å². The molecule has 6 nitrogen and oxygen atoms in total. The molecule has 0 aliphatic carbocycles. The van der Waals surface area contributed by atoms with Crippen molar-refractivity contribution in [2.75, 3.05) is 4.90 Å². The van der Waals surface area contributed by atoms with Crippen molar-refractivity contribution in [1.82, 2.24) is 15.0 Å². The summed E-state index contributed by atoms with van der Waals surface area (Å²) in [7, 11) is 0. The molecule has 0 spiro atoms. The summed E-state index contributed by atoms with van der Waals surface area (Å²) in [6.45, 7) is 14.0. The predicted molar refractivity (Wildman–Crippen MR) is 154 cm³/mol. The second-order valence-electron chi connectivity index (χ2n) is 13.0. The van der Waals surface area contributed by atoms with Crippen LogP contribution in [0.2, 0.25) is 0 Å². The van der Waals surface area contributed by atoms with Crippen molar-refractivity contribution in [3.8, 4) is 22.5 Å². The maximum absolute atomic E-state index is 13.6. The summed E-state index contributed by atoms with van der Waals surface area (Å²) in [4.78, 5) is 28.0. The molecule has 0 unspecified atom stereocenters. The molecule has 0 saturated carbocycles. The Morgan fingerprint density at radius 2 is 1.53 bits per heavy atom. The van der Waals surface area contributed by atoms with E-state index in [1.54, 1.807) is 0 Å². The van der Waals surface area contributed by atoms with E-state index in [2.05, 4.69) is 64.0 Å². The van der Waals surface area contributed by atoms with Gasteiger partial charge in [-0.15, -0.1) is 5.10 Å². The number of fused-ring (bicyclic) bond motifs is 5. The first-order valence-electron chi connectivity index (χ1n) is 13.9. The molecular formula is C32H42N4O2. The number of aryl methyl sites for hydroxylation is 1. The molecule has 0 bridgehead atoms. The minimum absolute atomic E-state index is 0.00161. The van der Waals surface area contributed by atoms with Gasteiger partial charge in [0.05, 0.1) is 17.9 Å². The highest BCUT2D eigenvalue weighted by Crippen LogP contribution is 2.41. The number of aromatic nitrogens is 3. The van der Waals surface area contributed by atoms with Crippen molar-refractivity contribution in [2.45, 2.75) is 93.2 Å². The monoisotopic (exact) mass is 514 g/mol. The number of amides is 1. The van der Waals surface area contributed by atoms with Gasteiger partial charge >= 0.3 is 0 Å². The molecule has 6 heteroatoms. The van der Waals surface area contributed by atoms with Crippen LogP contribution in [0.15, 0.2) is 48.5 Å². The van der Waals surface area contributed by atoms with E-state index < -0.39 is 0 Å². The predicted octanol–water partition coefficient (Wildman–Crippen LogP) is 7.46. The molecule has 202 valence electrons. The Kier molecular flexibility index (Phi) is 8.19. The average molecular weight is 515 g/mol. The zero-order chi connectivity index (χ0) is 27.5. The van der Waals surface area contributed by atoms with Crippen molar-refractivity contribution < 1.29 is 9.59 Å². The fourth-order valence-electron chi connectivity index (χ4n) is 5.20. The second-order valence-corrected chi connectivity index (χ2v) is 13.0. The van der Waals surface area contributed by atoms with E-state index >= 15 is 0 Å². The molecule has 0 atom stereocenters. The lowest BCUT2D eigenvalue weighted by Crippen LogP contribution is -2.31. The van der Waals surface area contributed by atoms with Gasteiger partial charge in [-0.3, -0.25) is 9.59 Å². The van der Waals surface area contributed by atoms with E-state index in [0.29, 0.717) is 38.8 Å². The quantitative estimate of drug-likeness (QED) is 0.313. The van der Waals surface area contributed by atoms with E-state index in [4.69, 9.17) is 0 Å². The third kappa shape index (κ3) is 6.77. The third-order valence-electron chi connectivity index (χ3n) is 6.96. The molecule has 1 aromatic heterocycles. The Balaban J connectivity index is 1.67. The number of carbonyl (C=O) groups excluding carboxylic acids is 2. The molecule has 4 rings (SSSR count). The highest BCUT2D eigenvalue weighted by molar-refractivity contribution is 6.00. The topological polar surface area (TPSA) is 68.1 Å². The Labute approximate surface area is 227 Å². The first-order valence-corrected chi connectivity index (χ1v) is 13.9. The molecule has 0 N–H and O–H groups in total. The number of hydrogen-bond donors (Lipinski definition) is 0. The van der Waals surface area contributed by atoms with Crippen LogP contribution < -0.4 is 4.90 Å². The molecule has 38 heavy (non-hydrogen) atoms.